The monoisotopic (exact) mass is 260 g/mol. The van der Waals surface area contributed by atoms with Crippen LogP contribution in [-0.2, 0) is 6.54 Å². The van der Waals surface area contributed by atoms with Gasteiger partial charge in [-0.05, 0) is 39.3 Å². The predicted molar refractivity (Wildman–Crippen MR) is 74.2 cm³/mol. The van der Waals surface area contributed by atoms with Crippen molar-refractivity contribution in [3.63, 3.8) is 0 Å². The number of hydrogen-bond donors (Lipinski definition) is 2. The van der Waals surface area contributed by atoms with Crippen LogP contribution in [0, 0.1) is 6.92 Å². The van der Waals surface area contributed by atoms with Gasteiger partial charge in [-0.1, -0.05) is 0 Å². The van der Waals surface area contributed by atoms with Crippen LogP contribution in [0.25, 0.3) is 0 Å². The molecule has 0 amide bonds. The van der Waals surface area contributed by atoms with Crippen LogP contribution in [0.1, 0.15) is 32.0 Å². The molecule has 0 saturated carbocycles. The van der Waals surface area contributed by atoms with E-state index in [-0.39, 0.29) is 5.54 Å². The Bertz CT molecular complexity index is 542. The number of pyridine rings is 1. The van der Waals surface area contributed by atoms with Crippen molar-refractivity contribution in [2.24, 2.45) is 0 Å². The van der Waals surface area contributed by atoms with E-state index in [2.05, 4.69) is 41.3 Å². The number of nitrogens with zero attached hydrogens (tertiary/aromatic N) is 2. The van der Waals surface area contributed by atoms with Gasteiger partial charge in [-0.2, -0.15) is 0 Å². The number of hydrogen-bond acceptors (Lipinski definition) is 4. The van der Waals surface area contributed by atoms with Gasteiger partial charge < -0.3 is 10.1 Å². The number of aromatic nitrogens is 3. The third kappa shape index (κ3) is 4.37. The van der Waals surface area contributed by atoms with Gasteiger partial charge in [0.25, 0.3) is 0 Å². The molecule has 0 spiro atoms. The van der Waals surface area contributed by atoms with Crippen molar-refractivity contribution < 1.29 is 4.74 Å². The molecule has 0 saturated heterocycles. The van der Waals surface area contributed by atoms with E-state index in [0.717, 1.165) is 17.8 Å². The van der Waals surface area contributed by atoms with Crippen molar-refractivity contribution in [3.8, 4) is 11.8 Å². The molecular formula is C14H20N4O. The lowest BCUT2D eigenvalue weighted by Crippen LogP contribution is -2.35. The highest BCUT2D eigenvalue weighted by Crippen LogP contribution is 2.18. The minimum Gasteiger partial charge on any atom is -0.419 e. The number of ether oxygens (including phenoxy) is 1. The topological polar surface area (TPSA) is 62.8 Å². The van der Waals surface area contributed by atoms with Crippen molar-refractivity contribution >= 4 is 0 Å². The Labute approximate surface area is 113 Å². The lowest BCUT2D eigenvalue weighted by Gasteiger charge is -2.20. The van der Waals surface area contributed by atoms with Crippen molar-refractivity contribution in [1.82, 2.24) is 20.5 Å². The van der Waals surface area contributed by atoms with Crippen molar-refractivity contribution in [1.29, 1.82) is 0 Å². The maximum Gasteiger partial charge on any atom is 0.240 e. The van der Waals surface area contributed by atoms with Gasteiger partial charge in [-0.3, -0.25) is 5.10 Å². The predicted octanol–water partition coefficient (Wildman–Crippen LogP) is 2.79. The quantitative estimate of drug-likeness (QED) is 0.887. The van der Waals surface area contributed by atoms with Gasteiger partial charge in [0.1, 0.15) is 0 Å². The van der Waals surface area contributed by atoms with E-state index >= 15 is 0 Å². The van der Waals surface area contributed by atoms with E-state index in [0.29, 0.717) is 11.8 Å². The third-order valence-electron chi connectivity index (χ3n) is 2.51. The zero-order valence-electron chi connectivity index (χ0n) is 11.8. The summed E-state index contributed by atoms with van der Waals surface area (Å²) in [6.07, 6.45) is 1.74. The summed E-state index contributed by atoms with van der Waals surface area (Å²) in [7, 11) is 0. The normalized spacial score (nSPS) is 11.6. The molecule has 0 unspecified atom stereocenters. The second-order valence-electron chi connectivity index (χ2n) is 5.60. The average molecular weight is 260 g/mol. The highest BCUT2D eigenvalue weighted by atomic mass is 16.5. The summed E-state index contributed by atoms with van der Waals surface area (Å²) in [5.41, 5.74) is 2.18. The van der Waals surface area contributed by atoms with Crippen molar-refractivity contribution in [3.05, 3.63) is 35.7 Å². The fraction of sp³-hybridized carbons (Fsp3) is 0.429. The van der Waals surface area contributed by atoms with Crippen LogP contribution in [0.3, 0.4) is 0 Å². The van der Waals surface area contributed by atoms with Gasteiger partial charge >= 0.3 is 0 Å². The van der Waals surface area contributed by atoms with Gasteiger partial charge in [0.05, 0.1) is 0 Å². The molecule has 19 heavy (non-hydrogen) atoms. The molecule has 102 valence electrons. The molecule has 0 aromatic carbocycles. The highest BCUT2D eigenvalue weighted by molar-refractivity contribution is 5.25. The van der Waals surface area contributed by atoms with Crippen LogP contribution < -0.4 is 10.1 Å². The maximum atomic E-state index is 5.59. The molecular weight excluding hydrogens is 240 g/mol. The number of nitrogens with one attached hydrogen (secondary N) is 2. The van der Waals surface area contributed by atoms with Crippen molar-refractivity contribution in [2.45, 2.75) is 39.8 Å². The number of aryl methyl sites for hydroxylation is 1. The molecule has 0 aliphatic heterocycles. The molecule has 0 fully saturated rings. The SMILES string of the molecule is Cc1cc(Oc2cc(CNC(C)(C)C)ccn2)n[nH]1. The average Bonchev–Trinajstić information content (AvgIpc) is 2.72. The molecule has 0 radical (unpaired) electrons. The fourth-order valence-corrected chi connectivity index (χ4v) is 1.54. The minimum atomic E-state index is 0.0869. The zero-order chi connectivity index (χ0) is 13.9. The van der Waals surface area contributed by atoms with Crippen LogP contribution >= 0.6 is 0 Å². The first kappa shape index (κ1) is 13.5. The summed E-state index contributed by atoms with van der Waals surface area (Å²) >= 11 is 0. The molecule has 0 atom stereocenters. The molecule has 0 aliphatic rings. The lowest BCUT2D eigenvalue weighted by molar-refractivity contribution is 0.420. The maximum absolute atomic E-state index is 5.59. The molecule has 2 heterocycles. The molecule has 2 aromatic rings. The molecule has 5 heteroatoms. The lowest BCUT2D eigenvalue weighted by atomic mass is 10.1. The first-order chi connectivity index (χ1) is 8.92. The van der Waals surface area contributed by atoms with Gasteiger partial charge in [0.2, 0.25) is 11.8 Å². The Morgan fingerprint density at radius 1 is 1.26 bits per heavy atom. The molecule has 2 rings (SSSR count). The smallest absolute Gasteiger partial charge is 0.240 e. The summed E-state index contributed by atoms with van der Waals surface area (Å²) in [5.74, 6) is 1.09. The summed E-state index contributed by atoms with van der Waals surface area (Å²) in [4.78, 5) is 4.18. The number of rotatable bonds is 4. The third-order valence-corrected chi connectivity index (χ3v) is 2.51. The van der Waals surface area contributed by atoms with E-state index < -0.39 is 0 Å². The molecule has 0 bridgehead atoms. The standard InChI is InChI=1S/C14H20N4O/c1-10-7-13(18-17-10)19-12-8-11(5-6-15-12)9-16-14(2,3)4/h5-8,16H,9H2,1-4H3,(H,17,18). The summed E-state index contributed by atoms with van der Waals surface area (Å²) in [6, 6.07) is 5.73. The van der Waals surface area contributed by atoms with Crippen molar-refractivity contribution in [2.75, 3.05) is 0 Å². The first-order valence-corrected chi connectivity index (χ1v) is 6.32. The summed E-state index contributed by atoms with van der Waals surface area (Å²) in [5, 5.41) is 10.3. The summed E-state index contributed by atoms with van der Waals surface area (Å²) < 4.78 is 5.59. The highest BCUT2D eigenvalue weighted by Gasteiger charge is 2.09. The van der Waals surface area contributed by atoms with Crippen LogP contribution in [0.5, 0.6) is 11.8 Å². The van der Waals surface area contributed by atoms with Gasteiger partial charge in [0.15, 0.2) is 0 Å². The van der Waals surface area contributed by atoms with Crippen LogP contribution in [-0.4, -0.2) is 20.7 Å². The van der Waals surface area contributed by atoms with Crippen LogP contribution in [0.2, 0.25) is 0 Å². The van der Waals surface area contributed by atoms with Crippen LogP contribution in [0.15, 0.2) is 24.4 Å². The van der Waals surface area contributed by atoms with Gasteiger partial charge in [-0.15, -0.1) is 5.10 Å². The Balaban J connectivity index is 2.02. The Morgan fingerprint density at radius 3 is 2.68 bits per heavy atom. The molecule has 2 N–H and O–H groups in total. The summed E-state index contributed by atoms with van der Waals surface area (Å²) in [6.45, 7) is 9.12. The van der Waals surface area contributed by atoms with E-state index in [1.165, 1.54) is 0 Å². The first-order valence-electron chi connectivity index (χ1n) is 6.32. The number of aromatic amines is 1. The van der Waals surface area contributed by atoms with Gasteiger partial charge in [0, 0.05) is 36.1 Å². The van der Waals surface area contributed by atoms with E-state index in [4.69, 9.17) is 4.74 Å². The van der Waals surface area contributed by atoms with Gasteiger partial charge in [-0.25, -0.2) is 4.98 Å². The van der Waals surface area contributed by atoms with E-state index in [9.17, 15) is 0 Å². The molecule has 0 aliphatic carbocycles. The minimum absolute atomic E-state index is 0.0869. The molecule has 2 aromatic heterocycles. The molecule has 5 nitrogen and oxygen atoms in total. The largest absolute Gasteiger partial charge is 0.419 e. The second kappa shape index (κ2) is 5.40. The van der Waals surface area contributed by atoms with Crippen LogP contribution in [0.4, 0.5) is 0 Å². The number of H-pyrrole nitrogens is 1. The Kier molecular flexibility index (Phi) is 3.85. The second-order valence-corrected chi connectivity index (χ2v) is 5.60. The Morgan fingerprint density at radius 2 is 2.05 bits per heavy atom. The van der Waals surface area contributed by atoms with E-state index in [1.807, 2.05) is 25.1 Å². The van der Waals surface area contributed by atoms with E-state index in [1.54, 1.807) is 6.20 Å². The zero-order valence-corrected chi connectivity index (χ0v) is 11.8. The Hall–Kier alpha value is -1.88. The fourth-order valence-electron chi connectivity index (χ4n) is 1.54.